The summed E-state index contributed by atoms with van der Waals surface area (Å²) in [5, 5.41) is 0. The Hall–Kier alpha value is -3.05. The number of nitrogens with zero attached hydrogens (tertiary/aromatic N) is 3. The van der Waals surface area contributed by atoms with E-state index in [1.165, 1.54) is 11.9 Å². The first-order valence-electron chi connectivity index (χ1n) is 10.1. The van der Waals surface area contributed by atoms with Crippen molar-refractivity contribution in [3.8, 4) is 11.1 Å². The summed E-state index contributed by atoms with van der Waals surface area (Å²) >= 11 is 0. The molecule has 2 aromatic carbocycles. The van der Waals surface area contributed by atoms with Crippen LogP contribution in [0.2, 0.25) is 0 Å². The van der Waals surface area contributed by atoms with Crippen LogP contribution in [-0.2, 0) is 17.8 Å². The van der Waals surface area contributed by atoms with Crippen molar-refractivity contribution in [3.63, 3.8) is 0 Å². The van der Waals surface area contributed by atoms with Crippen LogP contribution in [0.15, 0.2) is 73.3 Å². The Balaban J connectivity index is 1.61. The summed E-state index contributed by atoms with van der Waals surface area (Å²) in [6.45, 7) is 2.50. The van der Waals surface area contributed by atoms with Gasteiger partial charge in [0, 0.05) is 31.0 Å². The highest BCUT2D eigenvalue weighted by molar-refractivity contribution is 5.82. The van der Waals surface area contributed by atoms with Crippen molar-refractivity contribution < 1.29 is 4.79 Å². The molecule has 1 atom stereocenters. The average Bonchev–Trinajstić information content (AvgIpc) is 2.76. The molecule has 2 heterocycles. The number of piperidine rings is 1. The van der Waals surface area contributed by atoms with Crippen LogP contribution in [0.3, 0.4) is 0 Å². The van der Waals surface area contributed by atoms with E-state index in [0.717, 1.165) is 42.6 Å². The van der Waals surface area contributed by atoms with E-state index in [0.29, 0.717) is 13.0 Å². The Bertz CT molecular complexity index is 961. The first-order chi connectivity index (χ1) is 14.2. The molecule has 0 saturated carbocycles. The van der Waals surface area contributed by atoms with Gasteiger partial charge in [0.15, 0.2) is 0 Å². The molecule has 0 spiro atoms. The Morgan fingerprint density at radius 3 is 2.52 bits per heavy atom. The van der Waals surface area contributed by atoms with Crippen molar-refractivity contribution in [2.45, 2.75) is 25.8 Å². The largest absolute Gasteiger partial charge is 0.369 e. The molecule has 1 aromatic heterocycles. The summed E-state index contributed by atoms with van der Waals surface area (Å²) in [6.07, 6.45) is 7.55. The lowest BCUT2D eigenvalue weighted by Gasteiger charge is -2.41. The van der Waals surface area contributed by atoms with Gasteiger partial charge in [-0.2, -0.15) is 0 Å². The summed E-state index contributed by atoms with van der Waals surface area (Å²) < 4.78 is 0. The molecule has 1 unspecified atom stereocenters. The lowest BCUT2D eigenvalue weighted by atomic mass is 9.73. The fourth-order valence-corrected chi connectivity index (χ4v) is 4.40. The van der Waals surface area contributed by atoms with Crippen molar-refractivity contribution in [2.75, 3.05) is 13.1 Å². The highest BCUT2D eigenvalue weighted by Crippen LogP contribution is 2.37. The number of aromatic nitrogens is 2. The van der Waals surface area contributed by atoms with E-state index in [1.807, 2.05) is 30.6 Å². The molecule has 1 aliphatic heterocycles. The third-order valence-corrected chi connectivity index (χ3v) is 5.85. The maximum Gasteiger partial charge on any atom is 0.225 e. The molecule has 4 rings (SSSR count). The average molecular weight is 386 g/mol. The van der Waals surface area contributed by atoms with Crippen molar-refractivity contribution in [3.05, 3.63) is 84.4 Å². The van der Waals surface area contributed by atoms with Gasteiger partial charge < -0.3 is 5.73 Å². The number of hydrogen-bond donors (Lipinski definition) is 1. The molecule has 1 aliphatic rings. The first-order valence-corrected chi connectivity index (χ1v) is 10.1. The second-order valence-electron chi connectivity index (χ2n) is 7.91. The quantitative estimate of drug-likeness (QED) is 0.704. The third-order valence-electron chi connectivity index (χ3n) is 5.85. The zero-order valence-corrected chi connectivity index (χ0v) is 16.5. The number of rotatable bonds is 6. The number of carbonyl (C=O) groups is 1. The summed E-state index contributed by atoms with van der Waals surface area (Å²) in [7, 11) is 0. The molecular formula is C24H26N4O. The Kier molecular flexibility index (Phi) is 5.67. The number of primary amides is 1. The van der Waals surface area contributed by atoms with Gasteiger partial charge in [0.05, 0.1) is 5.41 Å². The van der Waals surface area contributed by atoms with Crippen LogP contribution in [-0.4, -0.2) is 33.9 Å². The van der Waals surface area contributed by atoms with E-state index in [9.17, 15) is 4.79 Å². The molecule has 3 aromatic rings. The molecule has 5 nitrogen and oxygen atoms in total. The molecule has 0 bridgehead atoms. The molecule has 148 valence electrons. The highest BCUT2D eigenvalue weighted by atomic mass is 16.1. The van der Waals surface area contributed by atoms with Gasteiger partial charge in [0.2, 0.25) is 5.91 Å². The number of hydrogen-bond acceptors (Lipinski definition) is 4. The van der Waals surface area contributed by atoms with Gasteiger partial charge in [-0.3, -0.25) is 9.69 Å². The molecule has 1 fully saturated rings. The molecular weight excluding hydrogens is 360 g/mol. The molecule has 29 heavy (non-hydrogen) atoms. The van der Waals surface area contributed by atoms with Crippen LogP contribution in [0, 0.1) is 5.41 Å². The maximum atomic E-state index is 12.7. The van der Waals surface area contributed by atoms with Crippen molar-refractivity contribution in [1.29, 1.82) is 0 Å². The van der Waals surface area contributed by atoms with Crippen molar-refractivity contribution >= 4 is 5.91 Å². The van der Waals surface area contributed by atoms with Crippen LogP contribution in [0.4, 0.5) is 0 Å². The topological polar surface area (TPSA) is 72.1 Å². The molecule has 0 radical (unpaired) electrons. The van der Waals surface area contributed by atoms with Gasteiger partial charge in [-0.15, -0.1) is 0 Å². The second kappa shape index (κ2) is 8.53. The number of likely N-dealkylation sites (tertiary alicyclic amines) is 1. The van der Waals surface area contributed by atoms with Gasteiger partial charge in [0.25, 0.3) is 0 Å². The Labute approximate surface area is 171 Å². The van der Waals surface area contributed by atoms with Gasteiger partial charge >= 0.3 is 0 Å². The summed E-state index contributed by atoms with van der Waals surface area (Å²) in [6, 6.07) is 18.6. The predicted octanol–water partition coefficient (Wildman–Crippen LogP) is 3.45. The van der Waals surface area contributed by atoms with Gasteiger partial charge in [0.1, 0.15) is 6.33 Å². The smallest absolute Gasteiger partial charge is 0.225 e. The lowest BCUT2D eigenvalue weighted by molar-refractivity contribution is -0.131. The highest BCUT2D eigenvalue weighted by Gasteiger charge is 2.41. The SMILES string of the molecule is NC(=O)C1(Cc2ccccc2-c2cncnc2)CCCN(Cc2ccccc2)C1. The van der Waals surface area contributed by atoms with Crippen molar-refractivity contribution in [1.82, 2.24) is 14.9 Å². The molecule has 1 amide bonds. The minimum atomic E-state index is -0.571. The van der Waals surface area contributed by atoms with E-state index in [4.69, 9.17) is 5.73 Å². The number of benzene rings is 2. The molecule has 0 aliphatic carbocycles. The normalized spacial score (nSPS) is 19.7. The summed E-state index contributed by atoms with van der Waals surface area (Å²) in [4.78, 5) is 23.4. The number of carbonyl (C=O) groups excluding carboxylic acids is 1. The summed E-state index contributed by atoms with van der Waals surface area (Å²) in [5.74, 6) is -0.214. The first kappa shape index (κ1) is 19.3. The third kappa shape index (κ3) is 4.35. The lowest BCUT2D eigenvalue weighted by Crippen LogP contribution is -2.51. The van der Waals surface area contributed by atoms with Crippen LogP contribution in [0.5, 0.6) is 0 Å². The zero-order chi connectivity index (χ0) is 20.1. The molecule has 5 heteroatoms. The minimum Gasteiger partial charge on any atom is -0.369 e. The minimum absolute atomic E-state index is 0.214. The number of amides is 1. The van der Waals surface area contributed by atoms with E-state index >= 15 is 0 Å². The van der Waals surface area contributed by atoms with E-state index in [-0.39, 0.29) is 5.91 Å². The van der Waals surface area contributed by atoms with Crippen LogP contribution in [0.1, 0.15) is 24.0 Å². The number of nitrogens with two attached hydrogens (primary N) is 1. The summed E-state index contributed by atoms with van der Waals surface area (Å²) in [5.41, 5.74) is 9.83. The van der Waals surface area contributed by atoms with Crippen molar-refractivity contribution in [2.24, 2.45) is 11.1 Å². The Morgan fingerprint density at radius 2 is 1.76 bits per heavy atom. The van der Waals surface area contributed by atoms with Gasteiger partial charge in [-0.05, 0) is 42.5 Å². The van der Waals surface area contributed by atoms with E-state index in [1.54, 1.807) is 0 Å². The standard InChI is InChI=1S/C24H26N4O/c25-23(29)24(11-6-12-28(17-24)16-19-7-2-1-3-8-19)13-20-9-4-5-10-22(20)21-14-26-18-27-15-21/h1-5,7-10,14-15,18H,6,11-13,16-17H2,(H2,25,29). The zero-order valence-electron chi connectivity index (χ0n) is 16.5. The monoisotopic (exact) mass is 386 g/mol. The van der Waals surface area contributed by atoms with Crippen LogP contribution < -0.4 is 5.73 Å². The van der Waals surface area contributed by atoms with E-state index in [2.05, 4.69) is 51.3 Å². The fourth-order valence-electron chi connectivity index (χ4n) is 4.40. The maximum absolute atomic E-state index is 12.7. The second-order valence-corrected chi connectivity index (χ2v) is 7.91. The van der Waals surface area contributed by atoms with Gasteiger partial charge in [-0.1, -0.05) is 54.6 Å². The van der Waals surface area contributed by atoms with Crippen LogP contribution >= 0.6 is 0 Å². The Morgan fingerprint density at radius 1 is 1.03 bits per heavy atom. The fraction of sp³-hybridized carbons (Fsp3) is 0.292. The van der Waals surface area contributed by atoms with Crippen LogP contribution in [0.25, 0.3) is 11.1 Å². The predicted molar refractivity (Wildman–Crippen MR) is 114 cm³/mol. The van der Waals surface area contributed by atoms with E-state index < -0.39 is 5.41 Å². The molecule has 2 N–H and O–H groups in total. The molecule has 1 saturated heterocycles. The van der Waals surface area contributed by atoms with Gasteiger partial charge in [-0.25, -0.2) is 9.97 Å².